The van der Waals surface area contributed by atoms with E-state index in [1.807, 2.05) is 10.5 Å². The van der Waals surface area contributed by atoms with E-state index < -0.39 is 0 Å². The fraction of sp³-hybridized carbons (Fsp3) is 0.227. The minimum atomic E-state index is -0.179. The van der Waals surface area contributed by atoms with Crippen molar-refractivity contribution in [1.82, 2.24) is 14.6 Å². The number of pyridine rings is 1. The fourth-order valence-corrected chi connectivity index (χ4v) is 4.52. The third-order valence-corrected chi connectivity index (χ3v) is 6.03. The summed E-state index contributed by atoms with van der Waals surface area (Å²) in [6, 6.07) is 11.4. The van der Waals surface area contributed by atoms with Gasteiger partial charge < -0.3 is 10.1 Å². The highest BCUT2D eigenvalue weighted by molar-refractivity contribution is 7.99. The van der Waals surface area contributed by atoms with Gasteiger partial charge in [0.1, 0.15) is 5.75 Å². The van der Waals surface area contributed by atoms with Crippen molar-refractivity contribution in [1.29, 1.82) is 0 Å². The molecule has 0 bridgehead atoms. The lowest BCUT2D eigenvalue weighted by molar-refractivity contribution is -0.113. The van der Waals surface area contributed by atoms with E-state index in [1.54, 1.807) is 25.3 Å². The minimum Gasteiger partial charge on any atom is -0.495 e. The maximum atomic E-state index is 12.6. The van der Waals surface area contributed by atoms with Gasteiger partial charge in [-0.2, -0.15) is 0 Å². The van der Waals surface area contributed by atoms with E-state index in [0.29, 0.717) is 21.6 Å². The van der Waals surface area contributed by atoms with E-state index in [2.05, 4.69) is 48.4 Å². The number of methoxy groups -OCH3 is 1. The molecule has 154 valence electrons. The van der Waals surface area contributed by atoms with Crippen LogP contribution < -0.4 is 10.1 Å². The summed E-state index contributed by atoms with van der Waals surface area (Å²) >= 11 is 7.38. The van der Waals surface area contributed by atoms with Gasteiger partial charge in [0, 0.05) is 10.4 Å². The highest BCUT2D eigenvalue weighted by Gasteiger charge is 2.16. The third kappa shape index (κ3) is 3.82. The summed E-state index contributed by atoms with van der Waals surface area (Å²) in [6.45, 7) is 6.25. The first-order chi connectivity index (χ1) is 14.4. The SMILES string of the molecule is COc1ccc(Cl)cc1NC(=O)CSc1nnc2cc(C)c3cc(C)cc(C)c3n12. The first kappa shape index (κ1) is 20.5. The van der Waals surface area contributed by atoms with Crippen LogP contribution in [-0.2, 0) is 4.79 Å². The van der Waals surface area contributed by atoms with Gasteiger partial charge in [0.2, 0.25) is 5.91 Å². The molecule has 4 rings (SSSR count). The highest BCUT2D eigenvalue weighted by Crippen LogP contribution is 2.30. The summed E-state index contributed by atoms with van der Waals surface area (Å²) in [5, 5.41) is 13.9. The second kappa shape index (κ2) is 8.16. The topological polar surface area (TPSA) is 68.5 Å². The minimum absolute atomic E-state index is 0.177. The molecule has 0 aliphatic carbocycles. The lowest BCUT2D eigenvalue weighted by Gasteiger charge is -2.12. The molecule has 1 N–H and O–H groups in total. The van der Waals surface area contributed by atoms with E-state index in [4.69, 9.17) is 16.3 Å². The molecule has 0 unspecified atom stereocenters. The second-order valence-corrected chi connectivity index (χ2v) is 8.54. The van der Waals surface area contributed by atoms with Crippen molar-refractivity contribution in [2.45, 2.75) is 25.9 Å². The summed E-state index contributed by atoms with van der Waals surface area (Å²) < 4.78 is 7.31. The normalized spacial score (nSPS) is 11.2. The van der Waals surface area contributed by atoms with E-state index >= 15 is 0 Å². The molecular weight excluding hydrogens is 420 g/mol. The molecule has 0 saturated carbocycles. The molecule has 30 heavy (non-hydrogen) atoms. The third-order valence-electron chi connectivity index (χ3n) is 4.87. The van der Waals surface area contributed by atoms with Crippen molar-refractivity contribution in [3.8, 4) is 5.75 Å². The van der Waals surface area contributed by atoms with Gasteiger partial charge in [0.15, 0.2) is 10.8 Å². The monoisotopic (exact) mass is 440 g/mol. The molecule has 1 amide bonds. The Morgan fingerprint density at radius 2 is 1.93 bits per heavy atom. The predicted octanol–water partition coefficient (Wildman–Crippen LogP) is 5.20. The number of hydrogen-bond acceptors (Lipinski definition) is 5. The van der Waals surface area contributed by atoms with Crippen molar-refractivity contribution in [3.63, 3.8) is 0 Å². The van der Waals surface area contributed by atoms with Gasteiger partial charge in [-0.25, -0.2) is 0 Å². The van der Waals surface area contributed by atoms with Crippen molar-refractivity contribution < 1.29 is 9.53 Å². The number of aromatic nitrogens is 3. The fourth-order valence-electron chi connectivity index (χ4n) is 3.60. The molecule has 0 aliphatic heterocycles. The molecule has 0 saturated heterocycles. The van der Waals surface area contributed by atoms with Crippen LogP contribution in [0.4, 0.5) is 5.69 Å². The molecule has 6 nitrogen and oxygen atoms in total. The number of benzene rings is 2. The van der Waals surface area contributed by atoms with Crippen molar-refractivity contribution in [3.05, 3.63) is 58.1 Å². The Morgan fingerprint density at radius 1 is 1.13 bits per heavy atom. The van der Waals surface area contributed by atoms with Crippen LogP contribution >= 0.6 is 23.4 Å². The zero-order valence-corrected chi connectivity index (χ0v) is 18.7. The molecule has 0 radical (unpaired) electrons. The van der Waals surface area contributed by atoms with Gasteiger partial charge >= 0.3 is 0 Å². The van der Waals surface area contributed by atoms with Crippen molar-refractivity contribution in [2.75, 3.05) is 18.2 Å². The largest absolute Gasteiger partial charge is 0.495 e. The van der Waals surface area contributed by atoms with Crippen molar-refractivity contribution in [2.24, 2.45) is 0 Å². The van der Waals surface area contributed by atoms with Crippen LogP contribution in [0.2, 0.25) is 5.02 Å². The Labute approximate surface area is 183 Å². The van der Waals surface area contributed by atoms with E-state index in [0.717, 1.165) is 27.7 Å². The second-order valence-electron chi connectivity index (χ2n) is 7.16. The van der Waals surface area contributed by atoms with E-state index in [9.17, 15) is 4.79 Å². The average molecular weight is 441 g/mol. The van der Waals surface area contributed by atoms with Gasteiger partial charge in [0.25, 0.3) is 0 Å². The lowest BCUT2D eigenvalue weighted by Crippen LogP contribution is -2.15. The summed E-state index contributed by atoms with van der Waals surface area (Å²) in [5.41, 5.74) is 5.88. The predicted molar refractivity (Wildman–Crippen MR) is 122 cm³/mol. The number of carbonyl (C=O) groups is 1. The van der Waals surface area contributed by atoms with Crippen molar-refractivity contribution >= 4 is 51.5 Å². The van der Waals surface area contributed by atoms with Crippen LogP contribution in [0, 0.1) is 20.8 Å². The molecule has 4 aromatic rings. The Kier molecular flexibility index (Phi) is 5.58. The summed E-state index contributed by atoms with van der Waals surface area (Å²) in [6.07, 6.45) is 0. The zero-order valence-electron chi connectivity index (χ0n) is 17.1. The average Bonchev–Trinajstić information content (AvgIpc) is 3.09. The maximum absolute atomic E-state index is 12.6. The molecule has 0 spiro atoms. The van der Waals surface area contributed by atoms with Crippen LogP contribution in [-0.4, -0.2) is 33.4 Å². The molecule has 2 aromatic carbocycles. The number of fused-ring (bicyclic) bond motifs is 3. The summed E-state index contributed by atoms with van der Waals surface area (Å²) in [7, 11) is 1.55. The first-order valence-electron chi connectivity index (χ1n) is 9.39. The van der Waals surface area contributed by atoms with E-state index in [-0.39, 0.29) is 11.7 Å². The number of thioether (sulfide) groups is 1. The zero-order chi connectivity index (χ0) is 21.4. The molecule has 0 fully saturated rings. The molecular formula is C22H21ClN4O2S. The first-order valence-corrected chi connectivity index (χ1v) is 10.8. The van der Waals surface area contributed by atoms with Crippen LogP contribution in [0.5, 0.6) is 5.75 Å². The number of halogens is 1. The Bertz CT molecular complexity index is 1290. The highest BCUT2D eigenvalue weighted by atomic mass is 35.5. The van der Waals surface area contributed by atoms with Crippen LogP contribution in [0.25, 0.3) is 16.6 Å². The number of anilines is 1. The standard InChI is InChI=1S/C22H21ClN4O2S/c1-12-7-14(3)21-16(8-12)13(2)9-19-25-26-22(27(19)21)30-11-20(28)24-17-10-15(23)5-6-18(17)29-4/h5-10H,11H2,1-4H3,(H,24,28). The Hall–Kier alpha value is -2.77. The smallest absolute Gasteiger partial charge is 0.234 e. The van der Waals surface area contributed by atoms with Crippen LogP contribution in [0.15, 0.2) is 41.6 Å². The van der Waals surface area contributed by atoms with Crippen LogP contribution in [0.1, 0.15) is 16.7 Å². The Morgan fingerprint density at radius 3 is 2.70 bits per heavy atom. The number of amides is 1. The van der Waals surface area contributed by atoms with Gasteiger partial charge in [-0.15, -0.1) is 10.2 Å². The van der Waals surface area contributed by atoms with E-state index in [1.165, 1.54) is 17.3 Å². The number of nitrogens with zero attached hydrogens (tertiary/aromatic N) is 3. The molecule has 0 aliphatic rings. The molecule has 2 aromatic heterocycles. The number of carbonyl (C=O) groups excluding carboxylic acids is 1. The number of ether oxygens (including phenoxy) is 1. The molecule has 2 heterocycles. The van der Waals surface area contributed by atoms with Gasteiger partial charge in [-0.3, -0.25) is 9.20 Å². The quantitative estimate of drug-likeness (QED) is 0.432. The number of aryl methyl sites for hydroxylation is 3. The van der Waals surface area contributed by atoms with Gasteiger partial charge in [-0.1, -0.05) is 35.0 Å². The summed E-state index contributed by atoms with van der Waals surface area (Å²) in [4.78, 5) is 12.6. The number of hydrogen-bond donors (Lipinski definition) is 1. The number of nitrogens with one attached hydrogen (secondary N) is 1. The molecule has 0 atom stereocenters. The number of rotatable bonds is 5. The van der Waals surface area contributed by atoms with Crippen LogP contribution in [0.3, 0.4) is 0 Å². The summed E-state index contributed by atoms with van der Waals surface area (Å²) in [5.74, 6) is 0.552. The molecule has 8 heteroatoms. The van der Waals surface area contributed by atoms with Gasteiger partial charge in [0.05, 0.1) is 24.1 Å². The maximum Gasteiger partial charge on any atom is 0.234 e. The van der Waals surface area contributed by atoms with Gasteiger partial charge in [-0.05, 0) is 62.2 Å². The Balaban J connectivity index is 1.63. The lowest BCUT2D eigenvalue weighted by atomic mass is 10.0.